The van der Waals surface area contributed by atoms with Crippen molar-refractivity contribution in [1.82, 2.24) is 0 Å². The highest BCUT2D eigenvalue weighted by Gasteiger charge is 2.32. The Bertz CT molecular complexity index is 507. The molecule has 0 N–H and O–H groups in total. The van der Waals surface area contributed by atoms with Crippen LogP contribution in [0.5, 0.6) is 11.5 Å². The Morgan fingerprint density at radius 2 is 1.71 bits per heavy atom. The summed E-state index contributed by atoms with van der Waals surface area (Å²) in [7, 11) is 3.02. The molecule has 0 heterocycles. The molecule has 0 aromatic heterocycles. The summed E-state index contributed by atoms with van der Waals surface area (Å²) < 4.78 is 15.3. The average molecular weight is 294 g/mol. The summed E-state index contributed by atoms with van der Waals surface area (Å²) in [6, 6.07) is 4.85. The van der Waals surface area contributed by atoms with Gasteiger partial charge in [0.25, 0.3) is 0 Å². The fourth-order valence-electron chi connectivity index (χ4n) is 2.08. The van der Waals surface area contributed by atoms with Crippen LogP contribution in [0.25, 0.3) is 0 Å². The zero-order valence-electron chi connectivity index (χ0n) is 13.1. The number of hydrogen-bond acceptors (Lipinski definition) is 5. The van der Waals surface area contributed by atoms with E-state index in [0.717, 1.165) is 0 Å². The SMILES string of the molecule is CCOC(=O)C(C(=O)c1ccc(OC)c(OC)c1)C(C)C. The summed E-state index contributed by atoms with van der Waals surface area (Å²) in [5.41, 5.74) is 0.402. The van der Waals surface area contributed by atoms with Gasteiger partial charge in [-0.2, -0.15) is 0 Å². The number of benzene rings is 1. The highest BCUT2D eigenvalue weighted by atomic mass is 16.5. The van der Waals surface area contributed by atoms with E-state index in [1.165, 1.54) is 14.2 Å². The molecule has 1 rings (SSSR count). The molecule has 0 saturated heterocycles. The van der Waals surface area contributed by atoms with Crippen molar-refractivity contribution in [3.8, 4) is 11.5 Å². The predicted molar refractivity (Wildman–Crippen MR) is 78.8 cm³/mol. The molecule has 1 unspecified atom stereocenters. The Morgan fingerprint density at radius 3 is 2.19 bits per heavy atom. The number of carbonyl (C=O) groups excluding carboxylic acids is 2. The standard InChI is InChI=1S/C16H22O5/c1-6-21-16(18)14(10(2)3)15(17)11-7-8-12(19-4)13(9-11)20-5/h7-10,14H,6H2,1-5H3. The lowest BCUT2D eigenvalue weighted by Gasteiger charge is -2.18. The van der Waals surface area contributed by atoms with Gasteiger partial charge in [-0.25, -0.2) is 0 Å². The van der Waals surface area contributed by atoms with E-state index in [4.69, 9.17) is 14.2 Å². The van der Waals surface area contributed by atoms with E-state index in [1.807, 2.05) is 13.8 Å². The van der Waals surface area contributed by atoms with Crippen LogP contribution < -0.4 is 9.47 Å². The first-order valence-corrected chi connectivity index (χ1v) is 6.89. The number of ether oxygens (including phenoxy) is 3. The van der Waals surface area contributed by atoms with Gasteiger partial charge in [0.15, 0.2) is 17.3 Å². The molecule has 0 aliphatic heterocycles. The molecule has 0 amide bonds. The number of carbonyl (C=O) groups is 2. The van der Waals surface area contributed by atoms with Gasteiger partial charge in [-0.15, -0.1) is 0 Å². The first-order valence-electron chi connectivity index (χ1n) is 6.89. The smallest absolute Gasteiger partial charge is 0.317 e. The van der Waals surface area contributed by atoms with Gasteiger partial charge in [0.1, 0.15) is 5.92 Å². The monoisotopic (exact) mass is 294 g/mol. The van der Waals surface area contributed by atoms with Crippen LogP contribution in [0, 0.1) is 11.8 Å². The summed E-state index contributed by atoms with van der Waals surface area (Å²) in [6.07, 6.45) is 0. The largest absolute Gasteiger partial charge is 0.493 e. The molecular weight excluding hydrogens is 272 g/mol. The number of hydrogen-bond donors (Lipinski definition) is 0. The van der Waals surface area contributed by atoms with Crippen molar-refractivity contribution in [2.45, 2.75) is 20.8 Å². The van der Waals surface area contributed by atoms with Gasteiger partial charge in [-0.05, 0) is 31.0 Å². The molecule has 0 aliphatic carbocycles. The molecule has 1 atom stereocenters. The van der Waals surface area contributed by atoms with Crippen LogP contribution in [0.3, 0.4) is 0 Å². The fourth-order valence-corrected chi connectivity index (χ4v) is 2.08. The van der Waals surface area contributed by atoms with E-state index >= 15 is 0 Å². The lowest BCUT2D eigenvalue weighted by Crippen LogP contribution is -2.30. The number of methoxy groups -OCH3 is 2. The summed E-state index contributed by atoms with van der Waals surface area (Å²) in [5.74, 6) is -0.745. The second-order valence-electron chi connectivity index (χ2n) is 4.91. The molecule has 0 bridgehead atoms. The third-order valence-electron chi connectivity index (χ3n) is 3.16. The molecule has 0 radical (unpaired) electrons. The van der Waals surface area contributed by atoms with Gasteiger partial charge in [0.05, 0.1) is 20.8 Å². The van der Waals surface area contributed by atoms with Crippen LogP contribution in [0.1, 0.15) is 31.1 Å². The van der Waals surface area contributed by atoms with Gasteiger partial charge in [-0.3, -0.25) is 9.59 Å². The van der Waals surface area contributed by atoms with E-state index in [2.05, 4.69) is 0 Å². The van der Waals surface area contributed by atoms with Crippen molar-refractivity contribution >= 4 is 11.8 Å². The third-order valence-corrected chi connectivity index (χ3v) is 3.16. The van der Waals surface area contributed by atoms with E-state index in [1.54, 1.807) is 25.1 Å². The quantitative estimate of drug-likeness (QED) is 0.439. The van der Waals surface area contributed by atoms with Crippen molar-refractivity contribution in [2.24, 2.45) is 11.8 Å². The molecule has 21 heavy (non-hydrogen) atoms. The lowest BCUT2D eigenvalue weighted by molar-refractivity contribution is -0.147. The summed E-state index contributed by atoms with van der Waals surface area (Å²) in [5, 5.41) is 0. The van der Waals surface area contributed by atoms with Crippen molar-refractivity contribution in [3.63, 3.8) is 0 Å². The minimum absolute atomic E-state index is 0.148. The average Bonchev–Trinajstić information content (AvgIpc) is 2.46. The van der Waals surface area contributed by atoms with Crippen LogP contribution in [-0.2, 0) is 9.53 Å². The first kappa shape index (κ1) is 17.0. The zero-order chi connectivity index (χ0) is 16.0. The van der Waals surface area contributed by atoms with Gasteiger partial charge >= 0.3 is 5.97 Å². The highest BCUT2D eigenvalue weighted by molar-refractivity contribution is 6.09. The Labute approximate surface area is 125 Å². The topological polar surface area (TPSA) is 61.8 Å². The van der Waals surface area contributed by atoms with E-state index < -0.39 is 11.9 Å². The van der Waals surface area contributed by atoms with Crippen molar-refractivity contribution in [1.29, 1.82) is 0 Å². The maximum atomic E-state index is 12.6. The van der Waals surface area contributed by atoms with Gasteiger partial charge in [0.2, 0.25) is 0 Å². The lowest BCUT2D eigenvalue weighted by atomic mass is 9.88. The molecule has 0 fully saturated rings. The molecular formula is C16H22O5. The minimum Gasteiger partial charge on any atom is -0.493 e. The normalized spacial score (nSPS) is 11.9. The van der Waals surface area contributed by atoms with E-state index in [0.29, 0.717) is 17.1 Å². The van der Waals surface area contributed by atoms with Crippen LogP contribution in [0.15, 0.2) is 18.2 Å². The van der Waals surface area contributed by atoms with Crippen LogP contribution in [0.2, 0.25) is 0 Å². The van der Waals surface area contributed by atoms with Crippen LogP contribution >= 0.6 is 0 Å². The Morgan fingerprint density at radius 1 is 1.10 bits per heavy atom. The fraction of sp³-hybridized carbons (Fsp3) is 0.500. The second kappa shape index (κ2) is 7.67. The van der Waals surface area contributed by atoms with E-state index in [9.17, 15) is 9.59 Å². The molecule has 5 heteroatoms. The molecule has 0 spiro atoms. The number of esters is 1. The predicted octanol–water partition coefficient (Wildman–Crippen LogP) is 2.72. The number of ketones is 1. The summed E-state index contributed by atoms with van der Waals surface area (Å²) >= 11 is 0. The van der Waals surface area contributed by atoms with Crippen molar-refractivity contribution in [3.05, 3.63) is 23.8 Å². The van der Waals surface area contributed by atoms with Crippen molar-refractivity contribution < 1.29 is 23.8 Å². The van der Waals surface area contributed by atoms with Gasteiger partial charge in [0, 0.05) is 5.56 Å². The number of Topliss-reactive ketones (excluding diaryl/α,β-unsaturated/α-hetero) is 1. The molecule has 1 aromatic carbocycles. The Kier molecular flexibility index (Phi) is 6.21. The van der Waals surface area contributed by atoms with Crippen LogP contribution in [-0.4, -0.2) is 32.6 Å². The van der Waals surface area contributed by atoms with Crippen LogP contribution in [0.4, 0.5) is 0 Å². The second-order valence-corrected chi connectivity index (χ2v) is 4.91. The number of rotatable bonds is 7. The molecule has 1 aromatic rings. The van der Waals surface area contributed by atoms with Crippen molar-refractivity contribution in [2.75, 3.05) is 20.8 Å². The molecule has 5 nitrogen and oxygen atoms in total. The zero-order valence-corrected chi connectivity index (χ0v) is 13.1. The summed E-state index contributed by atoms with van der Waals surface area (Å²) in [4.78, 5) is 24.6. The van der Waals surface area contributed by atoms with Gasteiger partial charge < -0.3 is 14.2 Å². The third kappa shape index (κ3) is 3.97. The van der Waals surface area contributed by atoms with Gasteiger partial charge in [-0.1, -0.05) is 13.8 Å². The Hall–Kier alpha value is -2.04. The first-order chi connectivity index (χ1) is 9.96. The molecule has 116 valence electrons. The minimum atomic E-state index is -0.817. The Balaban J connectivity index is 3.12. The molecule has 0 saturated carbocycles. The maximum Gasteiger partial charge on any atom is 0.317 e. The maximum absolute atomic E-state index is 12.6. The summed E-state index contributed by atoms with van der Waals surface area (Å²) in [6.45, 7) is 5.61. The van der Waals surface area contributed by atoms with E-state index in [-0.39, 0.29) is 18.3 Å². The highest BCUT2D eigenvalue weighted by Crippen LogP contribution is 2.29. The molecule has 0 aliphatic rings.